The minimum absolute atomic E-state index is 0.0933. The fourth-order valence-electron chi connectivity index (χ4n) is 1.20. The van der Waals surface area contributed by atoms with Crippen molar-refractivity contribution >= 4 is 5.78 Å². The van der Waals surface area contributed by atoms with Gasteiger partial charge in [0.1, 0.15) is 5.78 Å². The first kappa shape index (κ1) is 13.8. The number of nitrogens with zero attached hydrogens (tertiary/aromatic N) is 1. The number of carbonyl (C=O) groups is 1. The molecule has 1 heterocycles. The van der Waals surface area contributed by atoms with Crippen molar-refractivity contribution in [2.75, 3.05) is 7.05 Å². The highest BCUT2D eigenvalue weighted by molar-refractivity contribution is 5.81. The second kappa shape index (κ2) is 8.12. The van der Waals surface area contributed by atoms with Crippen molar-refractivity contribution in [1.82, 2.24) is 10.3 Å². The number of ketones is 1. The Morgan fingerprint density at radius 1 is 1.53 bits per heavy atom. The maximum atomic E-state index is 11.1. The van der Waals surface area contributed by atoms with Gasteiger partial charge in [0.2, 0.25) is 0 Å². The Morgan fingerprint density at radius 3 is 2.60 bits per heavy atom. The van der Waals surface area contributed by atoms with Gasteiger partial charge in [-0.15, -0.1) is 0 Å². The Kier molecular flexibility index (Phi) is 7.46. The molecular weight excluding hydrogens is 188 g/mol. The Hall–Kier alpha value is -1.22. The van der Waals surface area contributed by atoms with E-state index in [-0.39, 0.29) is 11.8 Å². The molecule has 84 valence electrons. The average molecular weight is 208 g/mol. The van der Waals surface area contributed by atoms with Crippen molar-refractivity contribution < 1.29 is 4.79 Å². The van der Waals surface area contributed by atoms with Crippen LogP contribution in [0.4, 0.5) is 0 Å². The summed E-state index contributed by atoms with van der Waals surface area (Å²) in [6.07, 6.45) is 4.22. The normalized spacial score (nSPS) is 11.2. The standard InChI is InChI=1S/C10H14N2O.C2H6/c1-8(13)10(11-2)6-9-4-3-5-12-7-9;1-2/h3-5,7,10-11H,6H2,1-2H3;1-2H3. The summed E-state index contributed by atoms with van der Waals surface area (Å²) in [7, 11) is 1.79. The van der Waals surface area contributed by atoms with Crippen LogP contribution in [0.15, 0.2) is 24.5 Å². The minimum atomic E-state index is -0.0933. The fourth-order valence-corrected chi connectivity index (χ4v) is 1.20. The van der Waals surface area contributed by atoms with Crippen molar-refractivity contribution in [2.45, 2.75) is 33.2 Å². The molecule has 1 aromatic heterocycles. The van der Waals surface area contributed by atoms with Crippen LogP contribution in [0.1, 0.15) is 26.3 Å². The third kappa shape index (κ3) is 5.27. The third-order valence-electron chi connectivity index (χ3n) is 2.00. The van der Waals surface area contributed by atoms with E-state index in [1.807, 2.05) is 26.0 Å². The number of Topliss-reactive ketones (excluding diaryl/α,β-unsaturated/α-hetero) is 1. The second-order valence-corrected chi connectivity index (χ2v) is 3.02. The maximum Gasteiger partial charge on any atom is 0.147 e. The lowest BCUT2D eigenvalue weighted by Crippen LogP contribution is -2.34. The fraction of sp³-hybridized carbons (Fsp3) is 0.500. The topological polar surface area (TPSA) is 42.0 Å². The van der Waals surface area contributed by atoms with Crippen molar-refractivity contribution in [2.24, 2.45) is 0 Å². The van der Waals surface area contributed by atoms with E-state index < -0.39 is 0 Å². The molecule has 3 heteroatoms. The van der Waals surface area contributed by atoms with Gasteiger partial charge in [-0.2, -0.15) is 0 Å². The molecule has 0 aromatic carbocycles. The van der Waals surface area contributed by atoms with Crippen LogP contribution in [0.25, 0.3) is 0 Å². The second-order valence-electron chi connectivity index (χ2n) is 3.02. The van der Waals surface area contributed by atoms with E-state index >= 15 is 0 Å². The molecule has 1 N–H and O–H groups in total. The molecule has 1 rings (SSSR count). The zero-order valence-electron chi connectivity index (χ0n) is 9.95. The van der Waals surface area contributed by atoms with E-state index in [1.54, 1.807) is 26.4 Å². The van der Waals surface area contributed by atoms with Crippen LogP contribution in [0.3, 0.4) is 0 Å². The van der Waals surface area contributed by atoms with Gasteiger partial charge in [0.05, 0.1) is 6.04 Å². The van der Waals surface area contributed by atoms with Crippen LogP contribution >= 0.6 is 0 Å². The Labute approximate surface area is 91.9 Å². The summed E-state index contributed by atoms with van der Waals surface area (Å²) in [6, 6.07) is 3.76. The Balaban J connectivity index is 0.000000921. The monoisotopic (exact) mass is 208 g/mol. The van der Waals surface area contributed by atoms with Gasteiger partial charge in [0.15, 0.2) is 0 Å². The summed E-state index contributed by atoms with van der Waals surface area (Å²) in [5.74, 6) is 0.159. The van der Waals surface area contributed by atoms with Gasteiger partial charge in [-0.05, 0) is 32.0 Å². The summed E-state index contributed by atoms with van der Waals surface area (Å²) in [6.45, 7) is 5.59. The predicted molar refractivity (Wildman–Crippen MR) is 62.8 cm³/mol. The largest absolute Gasteiger partial charge is 0.310 e. The van der Waals surface area contributed by atoms with Crippen LogP contribution in [0.2, 0.25) is 0 Å². The molecule has 0 bridgehead atoms. The van der Waals surface area contributed by atoms with Crippen molar-refractivity contribution in [1.29, 1.82) is 0 Å². The minimum Gasteiger partial charge on any atom is -0.310 e. The van der Waals surface area contributed by atoms with Crippen LogP contribution in [-0.4, -0.2) is 23.9 Å². The van der Waals surface area contributed by atoms with Gasteiger partial charge in [0, 0.05) is 12.4 Å². The quantitative estimate of drug-likeness (QED) is 0.820. The summed E-state index contributed by atoms with van der Waals surface area (Å²) >= 11 is 0. The van der Waals surface area contributed by atoms with E-state index in [1.165, 1.54) is 0 Å². The molecule has 1 atom stereocenters. The Bertz CT molecular complexity index is 272. The molecule has 1 aromatic rings. The molecule has 15 heavy (non-hydrogen) atoms. The molecule has 3 nitrogen and oxygen atoms in total. The number of hydrogen-bond acceptors (Lipinski definition) is 3. The summed E-state index contributed by atoms with van der Waals surface area (Å²) in [5.41, 5.74) is 1.08. The van der Waals surface area contributed by atoms with Crippen LogP contribution in [-0.2, 0) is 11.2 Å². The van der Waals surface area contributed by atoms with E-state index in [0.29, 0.717) is 6.42 Å². The lowest BCUT2D eigenvalue weighted by atomic mass is 10.1. The average Bonchev–Trinajstić information content (AvgIpc) is 2.29. The molecule has 0 saturated carbocycles. The van der Waals surface area contributed by atoms with Crippen LogP contribution < -0.4 is 5.32 Å². The van der Waals surface area contributed by atoms with Crippen molar-refractivity contribution in [3.05, 3.63) is 30.1 Å². The van der Waals surface area contributed by atoms with Gasteiger partial charge >= 0.3 is 0 Å². The highest BCUT2D eigenvalue weighted by atomic mass is 16.1. The third-order valence-corrected chi connectivity index (χ3v) is 2.00. The lowest BCUT2D eigenvalue weighted by molar-refractivity contribution is -0.118. The van der Waals surface area contributed by atoms with Gasteiger partial charge in [-0.1, -0.05) is 19.9 Å². The first-order chi connectivity index (χ1) is 7.24. The van der Waals surface area contributed by atoms with Crippen LogP contribution in [0, 0.1) is 0 Å². The van der Waals surface area contributed by atoms with Gasteiger partial charge in [-0.25, -0.2) is 0 Å². The van der Waals surface area contributed by atoms with E-state index in [2.05, 4.69) is 10.3 Å². The maximum absolute atomic E-state index is 11.1. The highest BCUT2D eigenvalue weighted by Crippen LogP contribution is 2.01. The first-order valence-electron chi connectivity index (χ1n) is 5.30. The first-order valence-corrected chi connectivity index (χ1v) is 5.30. The molecule has 0 fully saturated rings. The molecule has 0 spiro atoms. The number of nitrogens with one attached hydrogen (secondary N) is 1. The van der Waals surface area contributed by atoms with E-state index in [9.17, 15) is 4.79 Å². The highest BCUT2D eigenvalue weighted by Gasteiger charge is 2.11. The zero-order chi connectivity index (χ0) is 11.7. The zero-order valence-corrected chi connectivity index (χ0v) is 9.95. The number of rotatable bonds is 4. The lowest BCUT2D eigenvalue weighted by Gasteiger charge is -2.11. The Morgan fingerprint density at radius 2 is 2.20 bits per heavy atom. The molecule has 0 saturated heterocycles. The molecule has 1 unspecified atom stereocenters. The molecule has 0 aliphatic heterocycles. The SMILES string of the molecule is CC.CNC(Cc1cccnc1)C(C)=O. The molecule has 0 amide bonds. The number of likely N-dealkylation sites (N-methyl/N-ethyl adjacent to an activating group) is 1. The number of carbonyl (C=O) groups excluding carboxylic acids is 1. The molecule has 0 aliphatic rings. The van der Waals surface area contributed by atoms with E-state index in [0.717, 1.165) is 5.56 Å². The molecular formula is C12H20N2O. The summed E-state index contributed by atoms with van der Waals surface area (Å²) in [4.78, 5) is 15.1. The van der Waals surface area contributed by atoms with Gasteiger partial charge < -0.3 is 5.32 Å². The molecule has 0 aliphatic carbocycles. The number of pyridine rings is 1. The molecule has 0 radical (unpaired) electrons. The number of aromatic nitrogens is 1. The van der Waals surface area contributed by atoms with E-state index in [4.69, 9.17) is 0 Å². The van der Waals surface area contributed by atoms with Crippen molar-refractivity contribution in [3.8, 4) is 0 Å². The van der Waals surface area contributed by atoms with Gasteiger partial charge in [-0.3, -0.25) is 9.78 Å². The smallest absolute Gasteiger partial charge is 0.147 e. The summed E-state index contributed by atoms with van der Waals surface area (Å²) in [5, 5.41) is 2.97. The predicted octanol–water partition coefficient (Wildman–Crippen LogP) is 1.83. The number of hydrogen-bond donors (Lipinski definition) is 1. The van der Waals surface area contributed by atoms with Gasteiger partial charge in [0.25, 0.3) is 0 Å². The summed E-state index contributed by atoms with van der Waals surface area (Å²) < 4.78 is 0. The van der Waals surface area contributed by atoms with Crippen molar-refractivity contribution in [3.63, 3.8) is 0 Å². The van der Waals surface area contributed by atoms with Crippen LogP contribution in [0.5, 0.6) is 0 Å².